The molecule has 0 bridgehead atoms. The van der Waals surface area contributed by atoms with E-state index in [-0.39, 0.29) is 0 Å². The van der Waals surface area contributed by atoms with Crippen molar-refractivity contribution in [2.75, 3.05) is 0 Å². The second kappa shape index (κ2) is 14.5. The van der Waals surface area contributed by atoms with Crippen molar-refractivity contribution in [2.45, 2.75) is 96.8 Å². The highest BCUT2D eigenvalue weighted by molar-refractivity contribution is 5.48. The fraction of sp³-hybridized carbons (Fsp3) is 0.652. The normalized spacial score (nSPS) is 10.4. The smallest absolute Gasteiger partial charge is 0.0994 e. The molecule has 136 valence electrons. The molecule has 0 aliphatic heterocycles. The van der Waals surface area contributed by atoms with Crippen LogP contribution in [0.15, 0.2) is 18.2 Å². The topological polar surface area (TPSA) is 47.6 Å². The Hall–Kier alpha value is -1.80. The van der Waals surface area contributed by atoms with E-state index in [1.54, 1.807) is 6.07 Å². The minimum atomic E-state index is 0.665. The summed E-state index contributed by atoms with van der Waals surface area (Å²) in [5.41, 5.74) is 2.27. The molecule has 0 saturated heterocycles. The van der Waals surface area contributed by atoms with E-state index in [2.05, 4.69) is 19.1 Å². The Morgan fingerprint density at radius 1 is 0.640 bits per heavy atom. The van der Waals surface area contributed by atoms with Gasteiger partial charge in [-0.3, -0.25) is 0 Å². The van der Waals surface area contributed by atoms with Crippen LogP contribution in [0, 0.1) is 22.7 Å². The van der Waals surface area contributed by atoms with E-state index >= 15 is 0 Å². The zero-order valence-electron chi connectivity index (χ0n) is 16.0. The average Bonchev–Trinajstić information content (AvgIpc) is 2.65. The van der Waals surface area contributed by atoms with Gasteiger partial charge in [0.1, 0.15) is 0 Å². The summed E-state index contributed by atoms with van der Waals surface area (Å²) in [5.74, 6) is 0. The quantitative estimate of drug-likeness (QED) is 0.341. The van der Waals surface area contributed by atoms with Crippen LogP contribution in [-0.4, -0.2) is 0 Å². The summed E-state index contributed by atoms with van der Waals surface area (Å²) in [4.78, 5) is 0. The second-order valence-corrected chi connectivity index (χ2v) is 7.05. The summed E-state index contributed by atoms with van der Waals surface area (Å²) in [6, 6.07) is 9.86. The number of unbranched alkanes of at least 4 members (excludes halogenated alkanes) is 12. The summed E-state index contributed by atoms with van der Waals surface area (Å²) in [6.45, 7) is 2.27. The monoisotopic (exact) mass is 338 g/mol. The third-order valence-corrected chi connectivity index (χ3v) is 4.95. The zero-order valence-corrected chi connectivity index (χ0v) is 16.0. The molecule has 0 spiro atoms. The highest BCUT2D eigenvalue weighted by Gasteiger charge is 2.07. The van der Waals surface area contributed by atoms with Crippen LogP contribution in [0.25, 0.3) is 0 Å². The van der Waals surface area contributed by atoms with Gasteiger partial charge in [0.2, 0.25) is 0 Å². The van der Waals surface area contributed by atoms with Crippen LogP contribution < -0.4 is 0 Å². The fourth-order valence-electron chi connectivity index (χ4n) is 3.39. The molecule has 2 nitrogen and oxygen atoms in total. The molecule has 0 saturated carbocycles. The maximum Gasteiger partial charge on any atom is 0.0994 e. The number of nitrogens with zero attached hydrogens (tertiary/aromatic N) is 2. The summed E-state index contributed by atoms with van der Waals surface area (Å²) < 4.78 is 0. The Morgan fingerprint density at radius 3 is 1.44 bits per heavy atom. The zero-order chi connectivity index (χ0) is 18.2. The van der Waals surface area contributed by atoms with Crippen molar-refractivity contribution in [3.63, 3.8) is 0 Å². The first kappa shape index (κ1) is 21.2. The molecule has 0 heterocycles. The van der Waals surface area contributed by atoms with E-state index in [9.17, 15) is 10.5 Å². The van der Waals surface area contributed by atoms with Gasteiger partial charge in [0, 0.05) is 0 Å². The minimum Gasteiger partial charge on any atom is -0.192 e. The first-order chi connectivity index (χ1) is 12.3. The average molecular weight is 339 g/mol. The van der Waals surface area contributed by atoms with E-state index in [1.165, 1.54) is 77.0 Å². The molecule has 0 atom stereocenters. The van der Waals surface area contributed by atoms with Crippen molar-refractivity contribution in [3.8, 4) is 12.1 Å². The molecular weight excluding hydrogens is 304 g/mol. The van der Waals surface area contributed by atoms with Crippen molar-refractivity contribution in [1.29, 1.82) is 10.5 Å². The van der Waals surface area contributed by atoms with Gasteiger partial charge in [0.15, 0.2) is 0 Å². The van der Waals surface area contributed by atoms with Gasteiger partial charge in [-0.2, -0.15) is 10.5 Å². The maximum absolute atomic E-state index is 9.18. The molecule has 0 aliphatic rings. The second-order valence-electron chi connectivity index (χ2n) is 7.05. The lowest BCUT2D eigenvalue weighted by Crippen LogP contribution is -1.95. The van der Waals surface area contributed by atoms with Crippen LogP contribution in [0.1, 0.15) is 107 Å². The van der Waals surface area contributed by atoms with Gasteiger partial charge >= 0.3 is 0 Å². The van der Waals surface area contributed by atoms with Crippen LogP contribution in [0.4, 0.5) is 0 Å². The summed E-state index contributed by atoms with van der Waals surface area (Å²) >= 11 is 0. The highest BCUT2D eigenvalue weighted by Crippen LogP contribution is 2.18. The van der Waals surface area contributed by atoms with Crippen molar-refractivity contribution < 1.29 is 0 Å². The van der Waals surface area contributed by atoms with Gasteiger partial charge in [-0.1, -0.05) is 90.0 Å². The van der Waals surface area contributed by atoms with E-state index in [4.69, 9.17) is 0 Å². The van der Waals surface area contributed by atoms with Crippen molar-refractivity contribution in [3.05, 3.63) is 34.9 Å². The molecule has 0 aromatic heterocycles. The first-order valence-electron chi connectivity index (χ1n) is 10.3. The van der Waals surface area contributed by atoms with E-state index in [0.717, 1.165) is 18.4 Å². The fourth-order valence-corrected chi connectivity index (χ4v) is 3.39. The molecule has 25 heavy (non-hydrogen) atoms. The van der Waals surface area contributed by atoms with Crippen LogP contribution in [0.5, 0.6) is 0 Å². The lowest BCUT2D eigenvalue weighted by Gasteiger charge is -2.06. The van der Waals surface area contributed by atoms with Gasteiger partial charge in [0.05, 0.1) is 23.3 Å². The maximum atomic E-state index is 9.18. The number of hydrogen-bond donors (Lipinski definition) is 0. The SMILES string of the molecule is CCCCCCCCCCCCCCCc1c(C#N)cccc1C#N. The molecule has 0 fully saturated rings. The predicted molar refractivity (Wildman–Crippen MR) is 105 cm³/mol. The Labute approximate surface area is 154 Å². The van der Waals surface area contributed by atoms with E-state index in [0.29, 0.717) is 11.1 Å². The molecule has 0 aliphatic carbocycles. The molecular formula is C23H34N2. The third kappa shape index (κ3) is 9.31. The van der Waals surface area contributed by atoms with E-state index in [1.807, 2.05) is 12.1 Å². The van der Waals surface area contributed by atoms with Crippen LogP contribution in [0.2, 0.25) is 0 Å². The molecule has 0 unspecified atom stereocenters. The lowest BCUT2D eigenvalue weighted by molar-refractivity contribution is 0.539. The molecule has 1 aromatic rings. The Bertz CT molecular complexity index is 516. The van der Waals surface area contributed by atoms with Gasteiger partial charge in [-0.15, -0.1) is 0 Å². The number of benzene rings is 1. The van der Waals surface area contributed by atoms with Crippen LogP contribution >= 0.6 is 0 Å². The number of rotatable bonds is 14. The minimum absolute atomic E-state index is 0.665. The molecule has 1 rings (SSSR count). The lowest BCUT2D eigenvalue weighted by atomic mass is 9.96. The van der Waals surface area contributed by atoms with Crippen LogP contribution in [-0.2, 0) is 6.42 Å². The Kier molecular flexibility index (Phi) is 12.4. The standard InChI is InChI=1S/C23H34N2/c1-2-3-4-5-6-7-8-9-10-11-12-13-14-18-23-21(19-24)16-15-17-22(23)20-25/h15-17H,2-14,18H2,1H3. The largest absolute Gasteiger partial charge is 0.192 e. The van der Waals surface area contributed by atoms with Crippen molar-refractivity contribution >= 4 is 0 Å². The molecule has 0 N–H and O–H groups in total. The molecule has 1 aromatic carbocycles. The van der Waals surface area contributed by atoms with Crippen molar-refractivity contribution in [1.82, 2.24) is 0 Å². The first-order valence-corrected chi connectivity index (χ1v) is 10.3. The van der Waals surface area contributed by atoms with Gasteiger partial charge in [-0.05, 0) is 30.5 Å². The van der Waals surface area contributed by atoms with Crippen molar-refractivity contribution in [2.24, 2.45) is 0 Å². The molecule has 0 radical (unpaired) electrons. The Morgan fingerprint density at radius 2 is 1.04 bits per heavy atom. The summed E-state index contributed by atoms with van der Waals surface area (Å²) in [7, 11) is 0. The highest BCUT2D eigenvalue weighted by atomic mass is 14.3. The van der Waals surface area contributed by atoms with Gasteiger partial charge in [-0.25, -0.2) is 0 Å². The molecule has 0 amide bonds. The van der Waals surface area contributed by atoms with Gasteiger partial charge < -0.3 is 0 Å². The number of hydrogen-bond acceptors (Lipinski definition) is 2. The van der Waals surface area contributed by atoms with E-state index < -0.39 is 0 Å². The summed E-state index contributed by atoms with van der Waals surface area (Å²) in [5, 5.41) is 18.4. The summed E-state index contributed by atoms with van der Waals surface area (Å²) in [6.07, 6.45) is 18.2. The Balaban J connectivity index is 2.03. The van der Waals surface area contributed by atoms with Gasteiger partial charge in [0.25, 0.3) is 0 Å². The van der Waals surface area contributed by atoms with Crippen LogP contribution in [0.3, 0.4) is 0 Å². The number of nitriles is 2. The molecule has 2 heteroatoms. The third-order valence-electron chi connectivity index (χ3n) is 4.95. The predicted octanol–water partition coefficient (Wildman–Crippen LogP) is 7.06.